The maximum atomic E-state index is 5.83. The summed E-state index contributed by atoms with van der Waals surface area (Å²) in [6, 6.07) is 5.66. The topological polar surface area (TPSA) is 69.6 Å². The summed E-state index contributed by atoms with van der Waals surface area (Å²) in [4.78, 5) is 0. The van der Waals surface area contributed by atoms with Gasteiger partial charge in [-0.05, 0) is 57.4 Å². The summed E-state index contributed by atoms with van der Waals surface area (Å²) >= 11 is 3.52. The number of hydrogen-bond donors (Lipinski definition) is 1. The average Bonchev–Trinajstić information content (AvgIpc) is 3.00. The highest BCUT2D eigenvalue weighted by molar-refractivity contribution is 9.10. The first kappa shape index (κ1) is 11.6. The first-order valence-electron chi connectivity index (χ1n) is 6.09. The van der Waals surface area contributed by atoms with Gasteiger partial charge in [-0.1, -0.05) is 12.8 Å². The van der Waals surface area contributed by atoms with Gasteiger partial charge in [-0.25, -0.2) is 0 Å². The summed E-state index contributed by atoms with van der Waals surface area (Å²) < 4.78 is 2.75. The minimum absolute atomic E-state index is 0.466. The fraction of sp³-hybridized carbons (Fsp3) is 0.417. The zero-order valence-corrected chi connectivity index (χ0v) is 11.5. The fourth-order valence-electron chi connectivity index (χ4n) is 2.50. The lowest BCUT2D eigenvalue weighted by molar-refractivity contribution is 0.635. The molecule has 1 heterocycles. The van der Waals surface area contributed by atoms with Crippen molar-refractivity contribution < 1.29 is 0 Å². The van der Waals surface area contributed by atoms with E-state index in [1.807, 2.05) is 18.2 Å². The number of rotatable bonds is 2. The van der Waals surface area contributed by atoms with Crippen molar-refractivity contribution in [1.82, 2.24) is 20.2 Å². The van der Waals surface area contributed by atoms with Crippen molar-refractivity contribution in [2.45, 2.75) is 31.6 Å². The Labute approximate surface area is 113 Å². The van der Waals surface area contributed by atoms with Gasteiger partial charge in [-0.3, -0.25) is 0 Å². The molecule has 0 aliphatic heterocycles. The van der Waals surface area contributed by atoms with Crippen LogP contribution in [-0.4, -0.2) is 20.2 Å². The Morgan fingerprint density at radius 1 is 1.28 bits per heavy atom. The predicted molar refractivity (Wildman–Crippen MR) is 72.5 cm³/mol. The van der Waals surface area contributed by atoms with E-state index >= 15 is 0 Å². The van der Waals surface area contributed by atoms with E-state index < -0.39 is 0 Å². The Hall–Kier alpha value is -1.43. The van der Waals surface area contributed by atoms with Crippen LogP contribution in [0.3, 0.4) is 0 Å². The summed E-state index contributed by atoms with van der Waals surface area (Å²) in [5.41, 5.74) is 7.45. The normalized spacial score (nSPS) is 16.3. The van der Waals surface area contributed by atoms with Crippen LogP contribution in [0.4, 0.5) is 5.69 Å². The Morgan fingerprint density at radius 3 is 2.83 bits per heavy atom. The van der Waals surface area contributed by atoms with Crippen LogP contribution in [0, 0.1) is 0 Å². The Balaban J connectivity index is 2.06. The van der Waals surface area contributed by atoms with Crippen LogP contribution in [0.2, 0.25) is 0 Å². The quantitative estimate of drug-likeness (QED) is 0.866. The molecule has 6 heteroatoms. The molecule has 3 rings (SSSR count). The second-order valence-corrected chi connectivity index (χ2v) is 5.50. The molecule has 18 heavy (non-hydrogen) atoms. The lowest BCUT2D eigenvalue weighted by atomic mass is 10.1. The molecular formula is C12H14BrN5. The van der Waals surface area contributed by atoms with Crippen molar-refractivity contribution in [3.8, 4) is 5.69 Å². The van der Waals surface area contributed by atoms with E-state index in [-0.39, 0.29) is 0 Å². The van der Waals surface area contributed by atoms with E-state index in [0.717, 1.165) is 16.0 Å². The summed E-state index contributed by atoms with van der Waals surface area (Å²) in [5, 5.41) is 12.1. The fourth-order valence-corrected chi connectivity index (χ4v) is 2.91. The first-order valence-corrected chi connectivity index (χ1v) is 6.88. The second kappa shape index (κ2) is 4.68. The van der Waals surface area contributed by atoms with E-state index in [2.05, 4.69) is 31.5 Å². The van der Waals surface area contributed by atoms with Crippen LogP contribution in [0.1, 0.15) is 37.4 Å². The minimum atomic E-state index is 0.466. The molecule has 0 amide bonds. The second-order valence-electron chi connectivity index (χ2n) is 4.64. The highest BCUT2D eigenvalue weighted by Crippen LogP contribution is 2.34. The lowest BCUT2D eigenvalue weighted by Gasteiger charge is -2.11. The van der Waals surface area contributed by atoms with Crippen molar-refractivity contribution in [2.24, 2.45) is 0 Å². The van der Waals surface area contributed by atoms with Crippen molar-refractivity contribution >= 4 is 21.6 Å². The van der Waals surface area contributed by atoms with Gasteiger partial charge in [0.25, 0.3) is 0 Å². The van der Waals surface area contributed by atoms with E-state index in [4.69, 9.17) is 5.73 Å². The van der Waals surface area contributed by atoms with E-state index in [9.17, 15) is 0 Å². The van der Waals surface area contributed by atoms with Crippen LogP contribution >= 0.6 is 15.9 Å². The summed E-state index contributed by atoms with van der Waals surface area (Å²) in [6.45, 7) is 0. The third-order valence-corrected chi connectivity index (χ3v) is 4.08. The number of nitrogens with two attached hydrogens (primary N) is 1. The lowest BCUT2D eigenvalue weighted by Crippen LogP contribution is -2.07. The number of nitrogen functional groups attached to an aromatic ring is 1. The largest absolute Gasteiger partial charge is 0.399 e. The Morgan fingerprint density at radius 2 is 2.06 bits per heavy atom. The molecule has 1 fully saturated rings. The number of benzene rings is 1. The molecule has 0 radical (unpaired) electrons. The molecule has 1 aliphatic rings. The van der Waals surface area contributed by atoms with Crippen molar-refractivity contribution in [3.63, 3.8) is 0 Å². The van der Waals surface area contributed by atoms with Crippen molar-refractivity contribution in [3.05, 3.63) is 28.5 Å². The summed E-state index contributed by atoms with van der Waals surface area (Å²) in [5.74, 6) is 1.41. The number of anilines is 1. The van der Waals surface area contributed by atoms with Gasteiger partial charge >= 0.3 is 0 Å². The third-order valence-electron chi connectivity index (χ3n) is 3.41. The predicted octanol–water partition coefficient (Wildman–Crippen LogP) is 2.66. The van der Waals surface area contributed by atoms with Gasteiger partial charge in [0.2, 0.25) is 0 Å². The number of halogens is 1. The molecule has 1 aromatic heterocycles. The smallest absolute Gasteiger partial charge is 0.159 e. The molecule has 0 saturated heterocycles. The summed E-state index contributed by atoms with van der Waals surface area (Å²) in [7, 11) is 0. The molecule has 1 aliphatic carbocycles. The van der Waals surface area contributed by atoms with E-state index in [1.165, 1.54) is 25.7 Å². The van der Waals surface area contributed by atoms with Crippen LogP contribution in [0.25, 0.3) is 5.69 Å². The highest BCUT2D eigenvalue weighted by Gasteiger charge is 2.24. The van der Waals surface area contributed by atoms with Gasteiger partial charge in [-0.2, -0.15) is 4.68 Å². The number of tetrazole rings is 1. The maximum Gasteiger partial charge on any atom is 0.159 e. The monoisotopic (exact) mass is 307 g/mol. The standard InChI is InChI=1S/C12H14BrN5/c13-10-6-5-9(14)7-11(10)18-12(15-16-17-18)8-3-1-2-4-8/h5-8H,1-4,14H2. The summed E-state index contributed by atoms with van der Waals surface area (Å²) in [6.07, 6.45) is 4.85. The number of hydrogen-bond acceptors (Lipinski definition) is 4. The first-order chi connectivity index (χ1) is 8.75. The van der Waals surface area contributed by atoms with Crippen LogP contribution < -0.4 is 5.73 Å². The van der Waals surface area contributed by atoms with Crippen molar-refractivity contribution in [1.29, 1.82) is 0 Å². The minimum Gasteiger partial charge on any atom is -0.399 e. The SMILES string of the molecule is Nc1ccc(Br)c(-n2nnnc2C2CCCC2)c1. The van der Waals surface area contributed by atoms with Gasteiger partial charge in [0.05, 0.1) is 5.69 Å². The van der Waals surface area contributed by atoms with Crippen LogP contribution in [0.5, 0.6) is 0 Å². The Kier molecular flexibility index (Phi) is 3.03. The number of nitrogens with zero attached hydrogens (tertiary/aromatic N) is 4. The van der Waals surface area contributed by atoms with Crippen LogP contribution in [-0.2, 0) is 0 Å². The van der Waals surface area contributed by atoms with Crippen molar-refractivity contribution in [2.75, 3.05) is 5.73 Å². The molecule has 5 nitrogen and oxygen atoms in total. The molecule has 1 saturated carbocycles. The van der Waals surface area contributed by atoms with Gasteiger partial charge < -0.3 is 5.73 Å². The number of aromatic nitrogens is 4. The molecule has 2 aromatic rings. The van der Waals surface area contributed by atoms with Gasteiger partial charge in [0.15, 0.2) is 5.82 Å². The maximum absolute atomic E-state index is 5.83. The Bertz CT molecular complexity index is 559. The molecule has 0 bridgehead atoms. The van der Waals surface area contributed by atoms with E-state index in [1.54, 1.807) is 4.68 Å². The molecular weight excluding hydrogens is 294 g/mol. The molecule has 2 N–H and O–H groups in total. The molecule has 1 aromatic carbocycles. The molecule has 0 atom stereocenters. The zero-order chi connectivity index (χ0) is 12.5. The zero-order valence-electron chi connectivity index (χ0n) is 9.88. The van der Waals surface area contributed by atoms with Gasteiger partial charge in [0.1, 0.15) is 0 Å². The van der Waals surface area contributed by atoms with Crippen LogP contribution in [0.15, 0.2) is 22.7 Å². The molecule has 0 spiro atoms. The highest BCUT2D eigenvalue weighted by atomic mass is 79.9. The van der Waals surface area contributed by atoms with Gasteiger partial charge in [-0.15, -0.1) is 5.10 Å². The molecule has 0 unspecified atom stereocenters. The molecule has 94 valence electrons. The van der Waals surface area contributed by atoms with E-state index in [0.29, 0.717) is 11.6 Å². The third kappa shape index (κ3) is 2.01. The van der Waals surface area contributed by atoms with Gasteiger partial charge in [0, 0.05) is 16.1 Å². The average molecular weight is 308 g/mol.